The van der Waals surface area contributed by atoms with Crippen LogP contribution in [0.1, 0.15) is 57.6 Å². The zero-order valence-corrected chi connectivity index (χ0v) is 29.3. The maximum atomic E-state index is 10.9. The van der Waals surface area contributed by atoms with Gasteiger partial charge in [-0.3, -0.25) is 0 Å². The second-order valence-corrected chi connectivity index (χ2v) is 14.4. The van der Waals surface area contributed by atoms with Gasteiger partial charge in [-0.05, 0) is 95.8 Å². The summed E-state index contributed by atoms with van der Waals surface area (Å²) >= 11 is 0. The number of fused-ring (bicyclic) bond motifs is 8. The lowest BCUT2D eigenvalue weighted by molar-refractivity contribution is 0.327. The molecule has 7 heteroatoms. The van der Waals surface area contributed by atoms with Crippen LogP contribution in [-0.2, 0) is 19.3 Å². The molecule has 5 aromatic carbocycles. The highest BCUT2D eigenvalue weighted by atomic mass is 16.4. The topological polar surface area (TPSA) is 111 Å². The molecule has 7 nitrogen and oxygen atoms in total. The Labute approximate surface area is 311 Å². The van der Waals surface area contributed by atoms with Gasteiger partial charge in [0.15, 0.2) is 11.5 Å². The molecule has 264 valence electrons. The third-order valence-electron chi connectivity index (χ3n) is 11.4. The number of hydrogen-bond acceptors (Lipinski definition) is 5. The molecule has 0 radical (unpaired) electrons. The Kier molecular flexibility index (Phi) is 6.98. The van der Waals surface area contributed by atoms with E-state index >= 15 is 0 Å². The van der Waals surface area contributed by atoms with Crippen molar-refractivity contribution in [2.24, 2.45) is 0 Å². The van der Waals surface area contributed by atoms with Crippen LogP contribution in [0.3, 0.4) is 0 Å². The quantitative estimate of drug-likeness (QED) is 0.0927. The van der Waals surface area contributed by atoms with E-state index in [2.05, 4.69) is 108 Å². The van der Waals surface area contributed by atoms with Gasteiger partial charge in [0.2, 0.25) is 17.2 Å². The number of allylic oxidation sites excluding steroid dienone is 4. The summed E-state index contributed by atoms with van der Waals surface area (Å²) in [6.45, 7) is 4.56. The molecule has 0 aliphatic heterocycles. The van der Waals surface area contributed by atoms with Gasteiger partial charge in [0.25, 0.3) is 0 Å². The van der Waals surface area contributed by atoms with Gasteiger partial charge in [0.05, 0.1) is 16.7 Å². The van der Waals surface area contributed by atoms with Gasteiger partial charge < -0.3 is 34.7 Å². The largest absolute Gasteiger partial charge is 0.503 e. The van der Waals surface area contributed by atoms with Crippen molar-refractivity contribution in [1.29, 1.82) is 0 Å². The molecule has 54 heavy (non-hydrogen) atoms. The number of aromatic hydroxyl groups is 5. The molecule has 2 heterocycles. The zero-order valence-electron chi connectivity index (χ0n) is 29.3. The molecule has 5 N–H and O–H groups in total. The second kappa shape index (κ2) is 11.8. The lowest BCUT2D eigenvalue weighted by Crippen LogP contribution is -2.10. The van der Waals surface area contributed by atoms with Crippen LogP contribution in [-0.4, -0.2) is 34.7 Å². The van der Waals surface area contributed by atoms with E-state index in [-0.39, 0.29) is 5.69 Å². The third kappa shape index (κ3) is 4.54. The Morgan fingerprint density at radius 1 is 0.537 bits per heavy atom. The fourth-order valence-electron chi connectivity index (χ4n) is 8.84. The zero-order chi connectivity index (χ0) is 36.8. The van der Waals surface area contributed by atoms with Crippen molar-refractivity contribution >= 4 is 45.2 Å². The van der Waals surface area contributed by atoms with Crippen LogP contribution in [0.15, 0.2) is 110 Å². The van der Waals surface area contributed by atoms with Crippen molar-refractivity contribution in [1.82, 2.24) is 9.13 Å². The second-order valence-electron chi connectivity index (χ2n) is 14.4. The number of nitrogens with zero attached hydrogens (tertiary/aromatic N) is 2. The van der Waals surface area contributed by atoms with Crippen LogP contribution >= 0.6 is 0 Å². The van der Waals surface area contributed by atoms with E-state index in [1.165, 1.54) is 33.5 Å². The number of phenols is 5. The summed E-state index contributed by atoms with van der Waals surface area (Å²) in [5, 5.41) is 54.9. The first-order valence-electron chi connectivity index (χ1n) is 18.2. The van der Waals surface area contributed by atoms with E-state index in [1.54, 1.807) is 4.57 Å². The van der Waals surface area contributed by atoms with Gasteiger partial charge in [-0.25, -0.2) is 0 Å². The Morgan fingerprint density at radius 3 is 1.65 bits per heavy atom. The summed E-state index contributed by atoms with van der Waals surface area (Å²) < 4.78 is 4.11. The molecule has 2 aromatic heterocycles. The van der Waals surface area contributed by atoms with Gasteiger partial charge in [-0.2, -0.15) is 0 Å². The molecule has 3 aliphatic carbocycles. The van der Waals surface area contributed by atoms with E-state index in [1.807, 2.05) is 18.2 Å². The molecule has 10 rings (SSSR count). The van der Waals surface area contributed by atoms with Crippen molar-refractivity contribution in [2.45, 2.75) is 32.1 Å². The average molecular weight is 709 g/mol. The van der Waals surface area contributed by atoms with Crippen LogP contribution < -0.4 is 0 Å². The molecule has 0 saturated carbocycles. The summed E-state index contributed by atoms with van der Waals surface area (Å²) in [7, 11) is 0. The van der Waals surface area contributed by atoms with E-state index in [4.69, 9.17) is 0 Å². The van der Waals surface area contributed by atoms with Crippen molar-refractivity contribution < 1.29 is 25.5 Å². The monoisotopic (exact) mass is 708 g/mol. The Bertz CT molecular complexity index is 2850. The molecular weight excluding hydrogens is 673 g/mol. The first-order chi connectivity index (χ1) is 26.3. The molecule has 0 amide bonds. The summed E-state index contributed by atoms with van der Waals surface area (Å²) in [6.07, 6.45) is 14.9. The maximum absolute atomic E-state index is 10.9. The highest BCUT2D eigenvalue weighted by Gasteiger charge is 2.30. The molecule has 0 bridgehead atoms. The van der Waals surface area contributed by atoms with Crippen LogP contribution in [0.4, 0.5) is 0 Å². The Balaban J connectivity index is 1.16. The van der Waals surface area contributed by atoms with Crippen LogP contribution in [0.5, 0.6) is 28.7 Å². The lowest BCUT2D eigenvalue weighted by atomic mass is 9.88. The van der Waals surface area contributed by atoms with Crippen LogP contribution in [0.2, 0.25) is 0 Å². The van der Waals surface area contributed by atoms with Crippen molar-refractivity contribution in [2.75, 3.05) is 0 Å². The van der Waals surface area contributed by atoms with Crippen LogP contribution in [0.25, 0.3) is 62.0 Å². The van der Waals surface area contributed by atoms with Crippen molar-refractivity contribution in [3.8, 4) is 45.6 Å². The normalized spacial score (nSPS) is 15.6. The standard InChI is InChI=1S/C47H36N2O5/c1-26-22-41(32-13-5-3-11-30(32)23-29-10-2-4-12-31(26)29)48-37-16-8-6-14-33(37)35-24-27(18-20-39(35)48)28-19-21-40-36(25-28)34-15-7-9-17-38(34)49(40)42-43(50)45(52)47(54)46(53)44(42)51/h2-7,10-15,18-22,24-25,50-54H,1,8-9,16-17,23H2/b41-22+. The highest BCUT2D eigenvalue weighted by molar-refractivity contribution is 6.01. The Morgan fingerprint density at radius 2 is 1.04 bits per heavy atom. The van der Waals surface area contributed by atoms with Crippen molar-refractivity contribution in [3.05, 3.63) is 155 Å². The fourth-order valence-corrected chi connectivity index (χ4v) is 8.84. The first kappa shape index (κ1) is 31.8. The maximum Gasteiger partial charge on any atom is 0.208 e. The number of benzene rings is 5. The SMILES string of the molecule is C=C1/C=C(/n2c3c(c4cc(-c5ccc6c(c5)c5c(n6-c6c(O)c(O)c(O)c(O)c6O)CCC=C5)ccc42)C=CCC3)c2ccccc2Cc2ccccc21. The summed E-state index contributed by atoms with van der Waals surface area (Å²) in [4.78, 5) is 0. The molecule has 3 aliphatic rings. The summed E-state index contributed by atoms with van der Waals surface area (Å²) in [5.74, 6) is -4.21. The van der Waals surface area contributed by atoms with E-state index in [9.17, 15) is 25.5 Å². The van der Waals surface area contributed by atoms with Gasteiger partial charge in [-0.1, -0.05) is 91.5 Å². The Hall–Kier alpha value is -6.86. The minimum Gasteiger partial charge on any atom is -0.503 e. The first-order valence-corrected chi connectivity index (χ1v) is 18.2. The van der Waals surface area contributed by atoms with E-state index in [0.29, 0.717) is 11.9 Å². The molecule has 0 fully saturated rings. The average Bonchev–Trinajstić information content (AvgIpc) is 3.70. The fraction of sp³-hybridized carbons (Fsp3) is 0.106. The summed E-state index contributed by atoms with van der Waals surface area (Å²) in [5.41, 5.74) is 14.9. The molecule has 0 saturated heterocycles. The van der Waals surface area contributed by atoms with E-state index in [0.717, 1.165) is 75.6 Å². The van der Waals surface area contributed by atoms with Crippen LogP contribution in [0, 0.1) is 0 Å². The minimum atomic E-state index is -0.979. The predicted octanol–water partition coefficient (Wildman–Crippen LogP) is 10.2. The molecule has 0 spiro atoms. The molecular formula is C47H36N2O5. The van der Waals surface area contributed by atoms with Crippen molar-refractivity contribution in [3.63, 3.8) is 0 Å². The number of phenolic OH excluding ortho intramolecular Hbond substituents is 5. The molecule has 7 aromatic rings. The number of rotatable bonds is 3. The number of hydrogen-bond donors (Lipinski definition) is 5. The van der Waals surface area contributed by atoms with Gasteiger partial charge in [0, 0.05) is 38.9 Å². The van der Waals surface area contributed by atoms with Gasteiger partial charge >= 0.3 is 0 Å². The van der Waals surface area contributed by atoms with Gasteiger partial charge in [0.1, 0.15) is 5.69 Å². The molecule has 0 unspecified atom stereocenters. The lowest BCUT2D eigenvalue weighted by Gasteiger charge is -2.23. The highest BCUT2D eigenvalue weighted by Crippen LogP contribution is 2.54. The molecule has 0 atom stereocenters. The van der Waals surface area contributed by atoms with E-state index < -0.39 is 28.7 Å². The smallest absolute Gasteiger partial charge is 0.208 e. The van der Waals surface area contributed by atoms with Gasteiger partial charge in [-0.15, -0.1) is 0 Å². The minimum absolute atomic E-state index is 0.186. The number of aromatic nitrogens is 2. The third-order valence-corrected chi connectivity index (χ3v) is 11.4. The predicted molar refractivity (Wildman–Crippen MR) is 215 cm³/mol. The summed E-state index contributed by atoms with van der Waals surface area (Å²) in [6, 6.07) is 30.0.